The summed E-state index contributed by atoms with van der Waals surface area (Å²) in [5.41, 5.74) is 0.934. The Morgan fingerprint density at radius 3 is 2.46 bits per heavy atom. The zero-order valence-electron chi connectivity index (χ0n) is 13.5. The number of likely N-dealkylation sites (tertiary alicyclic amines) is 1. The van der Waals surface area contributed by atoms with Gasteiger partial charge in [-0.1, -0.05) is 0 Å². The first-order valence-electron chi connectivity index (χ1n) is 8.53. The van der Waals surface area contributed by atoms with Gasteiger partial charge >= 0.3 is 0 Å². The number of aromatic nitrogens is 1. The number of amides is 2. The van der Waals surface area contributed by atoms with Gasteiger partial charge in [0.2, 0.25) is 5.91 Å². The van der Waals surface area contributed by atoms with Crippen molar-refractivity contribution in [1.29, 1.82) is 0 Å². The predicted molar refractivity (Wildman–Crippen MR) is 93.4 cm³/mol. The van der Waals surface area contributed by atoms with Gasteiger partial charge in [-0.25, -0.2) is 0 Å². The Hall–Kier alpha value is -2.08. The van der Waals surface area contributed by atoms with Crippen LogP contribution in [0.4, 0.5) is 0 Å². The van der Waals surface area contributed by atoms with Crippen molar-refractivity contribution in [1.82, 2.24) is 14.8 Å². The lowest BCUT2D eigenvalue weighted by molar-refractivity contribution is -0.126. The van der Waals surface area contributed by atoms with E-state index >= 15 is 0 Å². The molecule has 0 aromatic carbocycles. The van der Waals surface area contributed by atoms with Crippen molar-refractivity contribution in [3.05, 3.63) is 40.8 Å². The molecule has 2 aromatic rings. The van der Waals surface area contributed by atoms with E-state index in [1.807, 2.05) is 45.4 Å². The van der Waals surface area contributed by atoms with Crippen molar-refractivity contribution in [2.75, 3.05) is 13.1 Å². The number of carbonyl (C=O) groups is 2. The fourth-order valence-corrected chi connectivity index (χ4v) is 4.05. The number of nitrogens with one attached hydrogen (secondary N) is 1. The predicted octanol–water partition coefficient (Wildman–Crippen LogP) is 2.67. The van der Waals surface area contributed by atoms with Crippen LogP contribution < -0.4 is 5.32 Å². The minimum Gasteiger partial charge on any atom is -0.353 e. The van der Waals surface area contributed by atoms with E-state index in [0.29, 0.717) is 19.1 Å². The number of hydrogen-bond donors (Lipinski definition) is 1. The lowest BCUT2D eigenvalue weighted by atomic mass is 9.95. The smallest absolute Gasteiger partial charge is 0.266 e. The molecule has 0 unspecified atom stereocenters. The van der Waals surface area contributed by atoms with Crippen LogP contribution in [0.1, 0.15) is 35.4 Å². The van der Waals surface area contributed by atoms with Crippen molar-refractivity contribution < 1.29 is 9.59 Å². The highest BCUT2D eigenvalue weighted by Crippen LogP contribution is 2.27. The summed E-state index contributed by atoms with van der Waals surface area (Å²) in [6.45, 7) is 1.31. The second-order valence-electron chi connectivity index (χ2n) is 6.57. The molecule has 0 spiro atoms. The van der Waals surface area contributed by atoms with Crippen LogP contribution in [0.25, 0.3) is 5.69 Å². The average Bonchev–Trinajstić information content (AvgIpc) is 3.07. The standard InChI is InChI=1S/C18H21N3O2S/c22-17(19-14-3-4-14)13-5-10-21(11-6-13)18(23)16-15(7-12-24-16)20-8-1-2-9-20/h1-2,7-9,12-14H,3-6,10-11H2,(H,19,22). The monoisotopic (exact) mass is 343 g/mol. The molecule has 1 aliphatic carbocycles. The van der Waals surface area contributed by atoms with Gasteiger partial charge < -0.3 is 14.8 Å². The largest absolute Gasteiger partial charge is 0.353 e. The van der Waals surface area contributed by atoms with Crippen molar-refractivity contribution in [3.8, 4) is 5.69 Å². The van der Waals surface area contributed by atoms with Gasteiger partial charge in [0.1, 0.15) is 4.88 Å². The third-order valence-electron chi connectivity index (χ3n) is 4.80. The minimum absolute atomic E-state index is 0.0573. The number of hydrogen-bond acceptors (Lipinski definition) is 3. The van der Waals surface area contributed by atoms with E-state index < -0.39 is 0 Å². The maximum Gasteiger partial charge on any atom is 0.266 e. The summed E-state index contributed by atoms with van der Waals surface area (Å²) in [6, 6.07) is 6.30. The highest BCUT2D eigenvalue weighted by atomic mass is 32.1. The molecular formula is C18H21N3O2S. The molecule has 126 valence electrons. The lowest BCUT2D eigenvalue weighted by Crippen LogP contribution is -2.43. The van der Waals surface area contributed by atoms with Gasteiger partial charge in [-0.3, -0.25) is 9.59 Å². The molecule has 2 amide bonds. The number of piperidine rings is 1. The van der Waals surface area contributed by atoms with Gasteiger partial charge in [0, 0.05) is 37.4 Å². The van der Waals surface area contributed by atoms with Gasteiger partial charge in [-0.15, -0.1) is 11.3 Å². The first kappa shape index (κ1) is 15.4. The number of carbonyl (C=O) groups excluding carboxylic acids is 2. The maximum atomic E-state index is 12.9. The van der Waals surface area contributed by atoms with Crippen molar-refractivity contribution >= 4 is 23.2 Å². The number of nitrogens with zero attached hydrogens (tertiary/aromatic N) is 2. The van der Waals surface area contributed by atoms with Crippen LogP contribution in [0, 0.1) is 5.92 Å². The van der Waals surface area contributed by atoms with Crippen molar-refractivity contribution in [2.45, 2.75) is 31.7 Å². The van der Waals surface area contributed by atoms with E-state index in [1.165, 1.54) is 11.3 Å². The average molecular weight is 343 g/mol. The van der Waals surface area contributed by atoms with Crippen LogP contribution in [0.3, 0.4) is 0 Å². The Balaban J connectivity index is 1.40. The van der Waals surface area contributed by atoms with Crippen LogP contribution in [0.15, 0.2) is 36.0 Å². The molecule has 2 fully saturated rings. The van der Waals surface area contributed by atoms with E-state index in [0.717, 1.165) is 36.2 Å². The van der Waals surface area contributed by atoms with Crippen LogP contribution >= 0.6 is 11.3 Å². The molecule has 0 radical (unpaired) electrons. The van der Waals surface area contributed by atoms with E-state index in [9.17, 15) is 9.59 Å². The fourth-order valence-electron chi connectivity index (χ4n) is 3.20. The molecule has 6 heteroatoms. The van der Waals surface area contributed by atoms with Crippen LogP contribution in [-0.2, 0) is 4.79 Å². The minimum atomic E-state index is 0.0573. The highest BCUT2D eigenvalue weighted by molar-refractivity contribution is 7.12. The summed E-state index contributed by atoms with van der Waals surface area (Å²) in [4.78, 5) is 27.7. The molecule has 24 heavy (non-hydrogen) atoms. The Labute approximate surface area is 145 Å². The normalized spacial score (nSPS) is 18.6. The summed E-state index contributed by atoms with van der Waals surface area (Å²) >= 11 is 1.48. The molecule has 3 heterocycles. The van der Waals surface area contributed by atoms with Gasteiger partial charge in [0.15, 0.2) is 0 Å². The number of thiophene rings is 1. The first-order valence-corrected chi connectivity index (χ1v) is 9.41. The molecule has 0 atom stereocenters. The van der Waals surface area contributed by atoms with Crippen molar-refractivity contribution in [2.24, 2.45) is 5.92 Å². The van der Waals surface area contributed by atoms with Crippen LogP contribution in [-0.4, -0.2) is 40.4 Å². The maximum absolute atomic E-state index is 12.9. The molecule has 2 aromatic heterocycles. The van der Waals surface area contributed by atoms with Gasteiger partial charge in [-0.2, -0.15) is 0 Å². The van der Waals surface area contributed by atoms with E-state index in [2.05, 4.69) is 5.32 Å². The SMILES string of the molecule is O=C(NC1CC1)C1CCN(C(=O)c2sccc2-n2cccc2)CC1. The van der Waals surface area contributed by atoms with Crippen molar-refractivity contribution in [3.63, 3.8) is 0 Å². The molecular weight excluding hydrogens is 322 g/mol. The molecule has 2 aliphatic rings. The second kappa shape index (κ2) is 6.43. The molecule has 1 N–H and O–H groups in total. The third kappa shape index (κ3) is 3.11. The zero-order valence-corrected chi connectivity index (χ0v) is 14.3. The highest BCUT2D eigenvalue weighted by Gasteiger charge is 2.32. The fraction of sp³-hybridized carbons (Fsp3) is 0.444. The van der Waals surface area contributed by atoms with Gasteiger partial charge in [0.05, 0.1) is 5.69 Å². The third-order valence-corrected chi connectivity index (χ3v) is 5.69. The summed E-state index contributed by atoms with van der Waals surface area (Å²) < 4.78 is 1.97. The molecule has 1 saturated carbocycles. The van der Waals surface area contributed by atoms with Crippen LogP contribution in [0.5, 0.6) is 0 Å². The van der Waals surface area contributed by atoms with E-state index in [4.69, 9.17) is 0 Å². The molecule has 5 nitrogen and oxygen atoms in total. The molecule has 1 saturated heterocycles. The quantitative estimate of drug-likeness (QED) is 0.928. The Bertz CT molecular complexity index is 725. The molecule has 0 bridgehead atoms. The first-order chi connectivity index (χ1) is 11.7. The molecule has 4 rings (SSSR count). The number of rotatable bonds is 4. The Morgan fingerprint density at radius 1 is 1.08 bits per heavy atom. The Morgan fingerprint density at radius 2 is 1.79 bits per heavy atom. The second-order valence-corrected chi connectivity index (χ2v) is 7.49. The van der Waals surface area contributed by atoms with E-state index in [-0.39, 0.29) is 17.7 Å². The molecule has 1 aliphatic heterocycles. The Kier molecular flexibility index (Phi) is 4.14. The summed E-state index contributed by atoms with van der Waals surface area (Å²) in [6.07, 6.45) is 7.65. The zero-order chi connectivity index (χ0) is 16.5. The van der Waals surface area contributed by atoms with Crippen LogP contribution in [0.2, 0.25) is 0 Å². The van der Waals surface area contributed by atoms with Gasteiger partial charge in [-0.05, 0) is 49.3 Å². The summed E-state index contributed by atoms with van der Waals surface area (Å²) in [7, 11) is 0. The summed E-state index contributed by atoms with van der Waals surface area (Å²) in [5, 5.41) is 5.04. The lowest BCUT2D eigenvalue weighted by Gasteiger charge is -2.31. The van der Waals surface area contributed by atoms with E-state index in [1.54, 1.807) is 0 Å². The summed E-state index contributed by atoms with van der Waals surface area (Å²) in [5.74, 6) is 0.311. The van der Waals surface area contributed by atoms with Gasteiger partial charge in [0.25, 0.3) is 5.91 Å². The topological polar surface area (TPSA) is 54.3 Å².